The first-order valence-corrected chi connectivity index (χ1v) is 7.61. The zero-order chi connectivity index (χ0) is 16.1. The van der Waals surface area contributed by atoms with Gasteiger partial charge in [-0.3, -0.25) is 4.99 Å². The third kappa shape index (κ3) is 3.11. The summed E-state index contributed by atoms with van der Waals surface area (Å²) in [6.07, 6.45) is 4.14. The molecule has 2 rings (SSSR count). The van der Waals surface area contributed by atoms with Crippen molar-refractivity contribution in [3.05, 3.63) is 77.0 Å². The van der Waals surface area contributed by atoms with E-state index in [1.54, 1.807) is 0 Å². The molecule has 0 saturated carbocycles. The van der Waals surface area contributed by atoms with Gasteiger partial charge in [-0.05, 0) is 44.4 Å². The van der Waals surface area contributed by atoms with Gasteiger partial charge in [0.1, 0.15) is 5.84 Å². The van der Waals surface area contributed by atoms with Gasteiger partial charge in [0.2, 0.25) is 0 Å². The van der Waals surface area contributed by atoms with E-state index < -0.39 is 0 Å². The van der Waals surface area contributed by atoms with Gasteiger partial charge in [0.25, 0.3) is 0 Å². The summed E-state index contributed by atoms with van der Waals surface area (Å²) in [5.41, 5.74) is 6.07. The van der Waals surface area contributed by atoms with Crippen molar-refractivity contribution in [3.63, 3.8) is 0 Å². The molecule has 0 amide bonds. The van der Waals surface area contributed by atoms with Crippen LogP contribution in [0, 0.1) is 20.8 Å². The largest absolute Gasteiger partial charge is 0.301 e. The SMILES string of the molecule is C/C=C\N(C(=NC)c1ccccc1C)c1c(C)cccc1C. The molecule has 2 heteroatoms. The molecule has 22 heavy (non-hydrogen) atoms. The van der Waals surface area contributed by atoms with E-state index in [1.807, 2.05) is 14.0 Å². The Hall–Kier alpha value is -2.35. The van der Waals surface area contributed by atoms with Gasteiger partial charge >= 0.3 is 0 Å². The zero-order valence-electron chi connectivity index (χ0n) is 14.1. The predicted octanol–water partition coefficient (Wildman–Crippen LogP) is 5.03. The minimum absolute atomic E-state index is 0.966. The van der Waals surface area contributed by atoms with Crippen LogP contribution in [0.5, 0.6) is 0 Å². The average Bonchev–Trinajstić information content (AvgIpc) is 2.49. The summed E-state index contributed by atoms with van der Waals surface area (Å²) in [7, 11) is 1.85. The number of aryl methyl sites for hydroxylation is 3. The Balaban J connectivity index is 2.64. The molecule has 2 aromatic rings. The number of nitrogens with zero attached hydrogens (tertiary/aromatic N) is 2. The molecule has 0 bridgehead atoms. The lowest BCUT2D eigenvalue weighted by Gasteiger charge is -2.27. The summed E-state index contributed by atoms with van der Waals surface area (Å²) < 4.78 is 0. The van der Waals surface area contributed by atoms with Gasteiger partial charge in [0, 0.05) is 18.8 Å². The molecule has 0 aromatic heterocycles. The van der Waals surface area contributed by atoms with Crippen LogP contribution >= 0.6 is 0 Å². The van der Waals surface area contributed by atoms with E-state index in [1.165, 1.54) is 22.4 Å². The molecule has 114 valence electrons. The molecule has 0 saturated heterocycles. The molecule has 0 atom stereocenters. The molecule has 0 radical (unpaired) electrons. The van der Waals surface area contributed by atoms with Crippen LogP contribution in [-0.2, 0) is 0 Å². The number of para-hydroxylation sites is 1. The van der Waals surface area contributed by atoms with Crippen molar-refractivity contribution in [1.82, 2.24) is 0 Å². The Morgan fingerprint density at radius 3 is 2.05 bits per heavy atom. The third-order valence-electron chi connectivity index (χ3n) is 3.80. The molecule has 0 fully saturated rings. The van der Waals surface area contributed by atoms with Crippen LogP contribution in [0.3, 0.4) is 0 Å². The molecule has 0 N–H and O–H groups in total. The Kier molecular flexibility index (Phi) is 5.16. The van der Waals surface area contributed by atoms with Gasteiger partial charge in [-0.2, -0.15) is 0 Å². The number of anilines is 1. The van der Waals surface area contributed by atoms with Gasteiger partial charge in [-0.25, -0.2) is 0 Å². The lowest BCUT2D eigenvalue weighted by molar-refractivity contribution is 1.21. The predicted molar refractivity (Wildman–Crippen MR) is 96.8 cm³/mol. The fraction of sp³-hybridized carbons (Fsp3) is 0.250. The number of hydrogen-bond acceptors (Lipinski definition) is 1. The van der Waals surface area contributed by atoms with Crippen molar-refractivity contribution in [2.45, 2.75) is 27.7 Å². The number of hydrogen-bond donors (Lipinski definition) is 0. The van der Waals surface area contributed by atoms with Crippen LogP contribution in [0.4, 0.5) is 5.69 Å². The normalized spacial score (nSPS) is 12.0. The van der Waals surface area contributed by atoms with Gasteiger partial charge in [0.05, 0.1) is 5.69 Å². The Labute approximate surface area is 133 Å². The number of amidine groups is 1. The standard InChI is InChI=1S/C20H24N2/c1-6-14-22(19-16(3)11-9-12-17(19)4)20(21-5)18-13-8-7-10-15(18)2/h6-14H,1-5H3/b14-6-,21-20?. The number of benzene rings is 2. The summed E-state index contributed by atoms with van der Waals surface area (Å²) in [6.45, 7) is 8.44. The summed E-state index contributed by atoms with van der Waals surface area (Å²) in [6, 6.07) is 14.8. The Morgan fingerprint density at radius 1 is 0.909 bits per heavy atom. The first kappa shape index (κ1) is 16.0. The van der Waals surface area contributed by atoms with Crippen LogP contribution in [0.15, 0.2) is 59.7 Å². The lowest BCUT2D eigenvalue weighted by Crippen LogP contribution is -2.28. The molecule has 2 nitrogen and oxygen atoms in total. The summed E-state index contributed by atoms with van der Waals surface area (Å²) in [5.74, 6) is 0.966. The summed E-state index contributed by atoms with van der Waals surface area (Å²) in [4.78, 5) is 6.78. The van der Waals surface area contributed by atoms with Crippen LogP contribution in [-0.4, -0.2) is 12.9 Å². The Morgan fingerprint density at radius 2 is 1.50 bits per heavy atom. The number of allylic oxidation sites excluding steroid dienone is 1. The number of rotatable bonds is 3. The maximum atomic E-state index is 4.59. The molecule has 0 aliphatic rings. The molecule has 0 spiro atoms. The van der Waals surface area contributed by atoms with Crippen LogP contribution in [0.2, 0.25) is 0 Å². The van der Waals surface area contributed by atoms with Gasteiger partial charge in [-0.1, -0.05) is 48.5 Å². The third-order valence-corrected chi connectivity index (χ3v) is 3.80. The van der Waals surface area contributed by atoms with Gasteiger partial charge < -0.3 is 4.90 Å². The zero-order valence-corrected chi connectivity index (χ0v) is 14.1. The van der Waals surface area contributed by atoms with Crippen molar-refractivity contribution >= 4 is 11.5 Å². The van der Waals surface area contributed by atoms with E-state index in [0.717, 1.165) is 11.4 Å². The monoisotopic (exact) mass is 292 g/mol. The fourth-order valence-electron chi connectivity index (χ4n) is 2.77. The minimum Gasteiger partial charge on any atom is -0.301 e. The van der Waals surface area contributed by atoms with Crippen LogP contribution < -0.4 is 4.90 Å². The van der Waals surface area contributed by atoms with Crippen molar-refractivity contribution in [3.8, 4) is 0 Å². The Bertz CT molecular complexity index is 691. The van der Waals surface area contributed by atoms with E-state index in [0.29, 0.717) is 0 Å². The maximum absolute atomic E-state index is 4.59. The smallest absolute Gasteiger partial charge is 0.139 e. The van der Waals surface area contributed by atoms with E-state index in [4.69, 9.17) is 0 Å². The van der Waals surface area contributed by atoms with Crippen molar-refractivity contribution in [2.24, 2.45) is 4.99 Å². The van der Waals surface area contributed by atoms with Crippen molar-refractivity contribution in [2.75, 3.05) is 11.9 Å². The second-order valence-electron chi connectivity index (χ2n) is 5.45. The second-order valence-corrected chi connectivity index (χ2v) is 5.45. The van der Waals surface area contributed by atoms with E-state index in [2.05, 4.69) is 85.4 Å². The molecule has 0 heterocycles. The molecule has 0 aliphatic heterocycles. The summed E-state index contributed by atoms with van der Waals surface area (Å²) in [5, 5.41) is 0. The highest BCUT2D eigenvalue weighted by atomic mass is 15.2. The van der Waals surface area contributed by atoms with Crippen molar-refractivity contribution < 1.29 is 0 Å². The van der Waals surface area contributed by atoms with Crippen LogP contribution in [0.25, 0.3) is 0 Å². The topological polar surface area (TPSA) is 15.6 Å². The highest BCUT2D eigenvalue weighted by Crippen LogP contribution is 2.27. The molecule has 2 aromatic carbocycles. The summed E-state index contributed by atoms with van der Waals surface area (Å²) >= 11 is 0. The average molecular weight is 292 g/mol. The molecular weight excluding hydrogens is 268 g/mol. The quantitative estimate of drug-likeness (QED) is 0.572. The van der Waals surface area contributed by atoms with E-state index in [9.17, 15) is 0 Å². The highest BCUT2D eigenvalue weighted by molar-refractivity contribution is 6.12. The molecular formula is C20H24N2. The van der Waals surface area contributed by atoms with Gasteiger partial charge in [0.15, 0.2) is 0 Å². The van der Waals surface area contributed by atoms with E-state index >= 15 is 0 Å². The van der Waals surface area contributed by atoms with E-state index in [-0.39, 0.29) is 0 Å². The maximum Gasteiger partial charge on any atom is 0.139 e. The number of aliphatic imine (C=N–C) groups is 1. The molecule has 0 unspecified atom stereocenters. The first-order valence-electron chi connectivity index (χ1n) is 7.61. The highest BCUT2D eigenvalue weighted by Gasteiger charge is 2.17. The fourth-order valence-corrected chi connectivity index (χ4v) is 2.77. The second kappa shape index (κ2) is 7.08. The molecule has 0 aliphatic carbocycles. The van der Waals surface area contributed by atoms with Crippen LogP contribution in [0.1, 0.15) is 29.2 Å². The van der Waals surface area contributed by atoms with Crippen molar-refractivity contribution in [1.29, 1.82) is 0 Å². The first-order chi connectivity index (χ1) is 10.6. The minimum atomic E-state index is 0.966. The van der Waals surface area contributed by atoms with Gasteiger partial charge in [-0.15, -0.1) is 0 Å². The lowest BCUT2D eigenvalue weighted by atomic mass is 10.0.